The lowest BCUT2D eigenvalue weighted by Crippen LogP contribution is -2.22. The van der Waals surface area contributed by atoms with E-state index in [4.69, 9.17) is 5.26 Å². The Hall–Kier alpha value is -2.67. The molecule has 18 heavy (non-hydrogen) atoms. The lowest BCUT2D eigenvalue weighted by atomic mass is 10.1. The fourth-order valence-electron chi connectivity index (χ4n) is 1.44. The first kappa shape index (κ1) is 13.4. The number of amides is 2. The van der Waals surface area contributed by atoms with Crippen molar-refractivity contribution >= 4 is 11.8 Å². The van der Waals surface area contributed by atoms with Crippen LogP contribution in [0.2, 0.25) is 0 Å². The Morgan fingerprint density at radius 3 is 1.94 bits per heavy atom. The van der Waals surface area contributed by atoms with Crippen molar-refractivity contribution in [2.75, 3.05) is 0 Å². The highest BCUT2D eigenvalue weighted by Gasteiger charge is 2.32. The SMILES string of the molecule is C=CCC#N.C=CN1C(=O)c2ccccc2C1=O. The number of carbonyl (C=O) groups is 2. The Balaban J connectivity index is 0.000000280. The van der Waals surface area contributed by atoms with E-state index in [1.54, 1.807) is 30.3 Å². The van der Waals surface area contributed by atoms with Crippen molar-refractivity contribution < 1.29 is 9.59 Å². The Morgan fingerprint density at radius 1 is 1.17 bits per heavy atom. The van der Waals surface area contributed by atoms with Gasteiger partial charge >= 0.3 is 0 Å². The van der Waals surface area contributed by atoms with Crippen molar-refractivity contribution in [2.24, 2.45) is 0 Å². The van der Waals surface area contributed by atoms with Gasteiger partial charge in [0, 0.05) is 6.20 Å². The second-order valence-electron chi connectivity index (χ2n) is 3.36. The van der Waals surface area contributed by atoms with Crippen LogP contribution in [-0.4, -0.2) is 16.7 Å². The molecular weight excluding hydrogens is 228 g/mol. The average Bonchev–Trinajstić information content (AvgIpc) is 2.64. The van der Waals surface area contributed by atoms with Crippen molar-refractivity contribution in [3.05, 3.63) is 60.8 Å². The van der Waals surface area contributed by atoms with Crippen LogP contribution in [0, 0.1) is 11.3 Å². The maximum Gasteiger partial charge on any atom is 0.265 e. The van der Waals surface area contributed by atoms with Crippen LogP contribution in [0.15, 0.2) is 49.7 Å². The van der Waals surface area contributed by atoms with Crippen LogP contribution in [0.1, 0.15) is 27.1 Å². The van der Waals surface area contributed by atoms with Gasteiger partial charge in [-0.25, -0.2) is 4.90 Å². The van der Waals surface area contributed by atoms with Crippen molar-refractivity contribution in [1.29, 1.82) is 5.26 Å². The Labute approximate surface area is 105 Å². The third kappa shape index (κ3) is 2.53. The van der Waals surface area contributed by atoms with Gasteiger partial charge in [-0.1, -0.05) is 24.8 Å². The molecule has 0 atom stereocenters. The molecule has 0 radical (unpaired) electrons. The lowest BCUT2D eigenvalue weighted by Gasteiger charge is -2.04. The summed E-state index contributed by atoms with van der Waals surface area (Å²) in [6, 6.07) is 8.64. The second-order valence-corrected chi connectivity index (χ2v) is 3.36. The van der Waals surface area contributed by atoms with Crippen LogP contribution >= 0.6 is 0 Å². The minimum Gasteiger partial charge on any atom is -0.268 e. The molecule has 0 aromatic heterocycles. The number of carbonyl (C=O) groups excluding carboxylic acids is 2. The zero-order chi connectivity index (χ0) is 13.5. The standard InChI is InChI=1S/C10H7NO2.C4H5N/c1-2-11-9(12)7-5-3-4-6-8(7)10(11)13;1-2-3-4-5/h2-6H,1H2;2H,1,3H2. The number of hydrogen-bond acceptors (Lipinski definition) is 3. The summed E-state index contributed by atoms with van der Waals surface area (Å²) in [7, 11) is 0. The van der Waals surface area contributed by atoms with Crippen molar-refractivity contribution in [2.45, 2.75) is 6.42 Å². The van der Waals surface area contributed by atoms with Crippen LogP contribution in [0.25, 0.3) is 0 Å². The van der Waals surface area contributed by atoms with Crippen LogP contribution in [0.4, 0.5) is 0 Å². The third-order valence-electron chi connectivity index (χ3n) is 2.24. The summed E-state index contributed by atoms with van der Waals surface area (Å²) < 4.78 is 0. The predicted octanol–water partition coefficient (Wildman–Crippen LogP) is 2.51. The molecule has 4 nitrogen and oxygen atoms in total. The number of rotatable bonds is 2. The molecule has 0 N–H and O–H groups in total. The fourth-order valence-corrected chi connectivity index (χ4v) is 1.44. The number of fused-ring (bicyclic) bond motifs is 1. The molecule has 0 unspecified atom stereocenters. The van der Waals surface area contributed by atoms with E-state index in [0.29, 0.717) is 17.5 Å². The summed E-state index contributed by atoms with van der Waals surface area (Å²) in [5.74, 6) is -0.591. The van der Waals surface area contributed by atoms with Crippen molar-refractivity contribution in [3.63, 3.8) is 0 Å². The molecule has 1 aromatic carbocycles. The van der Waals surface area contributed by atoms with Gasteiger partial charge in [-0.15, -0.1) is 6.58 Å². The highest BCUT2D eigenvalue weighted by atomic mass is 16.2. The molecule has 2 amide bonds. The molecule has 0 bridgehead atoms. The number of nitriles is 1. The van der Waals surface area contributed by atoms with Gasteiger partial charge in [0.1, 0.15) is 0 Å². The van der Waals surface area contributed by atoms with E-state index in [-0.39, 0.29) is 11.8 Å². The molecule has 0 aliphatic carbocycles. The van der Waals surface area contributed by atoms with Crippen LogP contribution < -0.4 is 0 Å². The summed E-state index contributed by atoms with van der Waals surface area (Å²) in [4.78, 5) is 24.0. The number of benzene rings is 1. The summed E-state index contributed by atoms with van der Waals surface area (Å²) in [5.41, 5.74) is 0.903. The Morgan fingerprint density at radius 2 is 1.67 bits per heavy atom. The normalized spacial score (nSPS) is 12.1. The zero-order valence-corrected chi connectivity index (χ0v) is 9.80. The molecule has 0 spiro atoms. The largest absolute Gasteiger partial charge is 0.268 e. The highest BCUT2D eigenvalue weighted by Crippen LogP contribution is 2.21. The van der Waals surface area contributed by atoms with Crippen molar-refractivity contribution in [3.8, 4) is 6.07 Å². The van der Waals surface area contributed by atoms with Gasteiger partial charge in [0.15, 0.2) is 0 Å². The van der Waals surface area contributed by atoms with E-state index >= 15 is 0 Å². The molecule has 0 fully saturated rings. The highest BCUT2D eigenvalue weighted by molar-refractivity contribution is 6.21. The Bertz CT molecular complexity index is 506. The van der Waals surface area contributed by atoms with Crippen LogP contribution in [0.5, 0.6) is 0 Å². The van der Waals surface area contributed by atoms with Gasteiger partial charge in [-0.3, -0.25) is 9.59 Å². The predicted molar refractivity (Wildman–Crippen MR) is 67.6 cm³/mol. The number of imide groups is 1. The van der Waals surface area contributed by atoms with Gasteiger partial charge in [0.2, 0.25) is 0 Å². The number of allylic oxidation sites excluding steroid dienone is 1. The monoisotopic (exact) mass is 240 g/mol. The van der Waals surface area contributed by atoms with Gasteiger partial charge < -0.3 is 0 Å². The fraction of sp³-hybridized carbons (Fsp3) is 0.0714. The minimum atomic E-state index is -0.296. The molecule has 1 heterocycles. The summed E-state index contributed by atoms with van der Waals surface area (Å²) in [5, 5.41) is 7.74. The van der Waals surface area contributed by atoms with E-state index in [1.165, 1.54) is 6.20 Å². The number of hydrogen-bond donors (Lipinski definition) is 0. The first-order valence-corrected chi connectivity index (χ1v) is 5.24. The first-order chi connectivity index (χ1) is 8.67. The molecule has 1 aliphatic heterocycles. The van der Waals surface area contributed by atoms with E-state index < -0.39 is 0 Å². The van der Waals surface area contributed by atoms with E-state index in [2.05, 4.69) is 13.2 Å². The van der Waals surface area contributed by atoms with Crippen LogP contribution in [-0.2, 0) is 0 Å². The zero-order valence-electron chi connectivity index (χ0n) is 9.80. The summed E-state index contributed by atoms with van der Waals surface area (Å²) in [6.07, 6.45) is 3.27. The Kier molecular flexibility index (Phi) is 4.58. The molecule has 0 saturated carbocycles. The molecule has 4 heteroatoms. The van der Waals surface area contributed by atoms with E-state index in [9.17, 15) is 9.59 Å². The smallest absolute Gasteiger partial charge is 0.265 e. The number of nitrogens with zero attached hydrogens (tertiary/aromatic N) is 2. The minimum absolute atomic E-state index is 0.296. The molecule has 0 saturated heterocycles. The molecule has 1 aliphatic rings. The maximum atomic E-state index is 11.5. The van der Waals surface area contributed by atoms with E-state index in [1.807, 2.05) is 6.07 Å². The van der Waals surface area contributed by atoms with Gasteiger partial charge in [-0.05, 0) is 12.1 Å². The third-order valence-corrected chi connectivity index (χ3v) is 2.24. The first-order valence-electron chi connectivity index (χ1n) is 5.24. The molecular formula is C14H12N2O2. The topological polar surface area (TPSA) is 61.2 Å². The lowest BCUT2D eigenvalue weighted by molar-refractivity contribution is 0.0722. The van der Waals surface area contributed by atoms with Gasteiger partial charge in [-0.2, -0.15) is 5.26 Å². The summed E-state index contributed by atoms with van der Waals surface area (Å²) in [6.45, 7) is 6.74. The van der Waals surface area contributed by atoms with E-state index in [0.717, 1.165) is 4.90 Å². The van der Waals surface area contributed by atoms with Crippen molar-refractivity contribution in [1.82, 2.24) is 4.90 Å². The quantitative estimate of drug-likeness (QED) is 0.589. The van der Waals surface area contributed by atoms with Gasteiger partial charge in [0.25, 0.3) is 11.8 Å². The molecule has 1 aromatic rings. The summed E-state index contributed by atoms with van der Waals surface area (Å²) >= 11 is 0. The molecule has 90 valence electrons. The molecule has 2 rings (SSSR count). The maximum absolute atomic E-state index is 11.5. The van der Waals surface area contributed by atoms with Gasteiger partial charge in [0.05, 0.1) is 23.6 Å². The van der Waals surface area contributed by atoms with Crippen LogP contribution in [0.3, 0.4) is 0 Å². The second kappa shape index (κ2) is 6.16. The average molecular weight is 240 g/mol.